The average molecular weight is 205 g/mol. The average Bonchev–Trinajstić information content (AvgIpc) is 2.16. The predicted molar refractivity (Wildman–Crippen MR) is 65.4 cm³/mol. The number of hydrogen-bond acceptors (Lipinski definition) is 1. The standard InChI is InChI=1S/C14H21O/c1-6-12-13(10(2)3)8-7-9-14(12)15-11(4)5/h7-11H,2,6H2,1,3-5H3. The van der Waals surface area contributed by atoms with Gasteiger partial charge in [-0.3, -0.25) is 0 Å². The molecule has 83 valence electrons. The molecule has 0 heterocycles. The molecule has 1 nitrogen and oxygen atoms in total. The molecule has 15 heavy (non-hydrogen) atoms. The van der Waals surface area contributed by atoms with E-state index in [0.29, 0.717) is 5.92 Å². The third kappa shape index (κ3) is 2.98. The van der Waals surface area contributed by atoms with Crippen molar-refractivity contribution in [1.82, 2.24) is 0 Å². The van der Waals surface area contributed by atoms with Crippen LogP contribution in [0, 0.1) is 6.92 Å². The zero-order valence-electron chi connectivity index (χ0n) is 10.2. The van der Waals surface area contributed by atoms with Crippen LogP contribution in [-0.2, 0) is 6.42 Å². The Balaban J connectivity index is 3.10. The molecule has 0 aromatic heterocycles. The molecule has 1 atom stereocenters. The first-order valence-electron chi connectivity index (χ1n) is 5.67. The molecule has 1 unspecified atom stereocenters. The van der Waals surface area contributed by atoms with Gasteiger partial charge in [-0.1, -0.05) is 26.0 Å². The molecule has 0 spiro atoms. The van der Waals surface area contributed by atoms with Gasteiger partial charge in [0, 0.05) is 0 Å². The van der Waals surface area contributed by atoms with Crippen LogP contribution in [0.15, 0.2) is 18.2 Å². The van der Waals surface area contributed by atoms with Crippen LogP contribution < -0.4 is 4.74 Å². The van der Waals surface area contributed by atoms with Gasteiger partial charge in [-0.25, -0.2) is 0 Å². The summed E-state index contributed by atoms with van der Waals surface area (Å²) >= 11 is 0. The van der Waals surface area contributed by atoms with Gasteiger partial charge >= 0.3 is 0 Å². The number of rotatable bonds is 4. The van der Waals surface area contributed by atoms with E-state index in [9.17, 15) is 0 Å². The van der Waals surface area contributed by atoms with Crippen LogP contribution in [0.5, 0.6) is 5.75 Å². The monoisotopic (exact) mass is 205 g/mol. The lowest BCUT2D eigenvalue weighted by Crippen LogP contribution is -2.09. The molecular formula is C14H21O. The Morgan fingerprint density at radius 1 is 1.27 bits per heavy atom. The fourth-order valence-corrected chi connectivity index (χ4v) is 1.79. The molecule has 0 saturated heterocycles. The van der Waals surface area contributed by atoms with Crippen molar-refractivity contribution in [3.8, 4) is 5.75 Å². The first-order valence-corrected chi connectivity index (χ1v) is 5.67. The highest BCUT2D eigenvalue weighted by atomic mass is 16.5. The third-order valence-electron chi connectivity index (χ3n) is 2.42. The second-order valence-electron chi connectivity index (χ2n) is 4.25. The van der Waals surface area contributed by atoms with Gasteiger partial charge in [-0.15, -0.1) is 0 Å². The fourth-order valence-electron chi connectivity index (χ4n) is 1.79. The molecule has 1 heteroatoms. The minimum Gasteiger partial charge on any atom is -0.491 e. The lowest BCUT2D eigenvalue weighted by atomic mass is 9.95. The van der Waals surface area contributed by atoms with Crippen LogP contribution in [-0.4, -0.2) is 6.10 Å². The van der Waals surface area contributed by atoms with Crippen molar-refractivity contribution in [3.05, 3.63) is 36.2 Å². The maximum atomic E-state index is 5.80. The maximum absolute atomic E-state index is 5.80. The largest absolute Gasteiger partial charge is 0.491 e. The smallest absolute Gasteiger partial charge is 0.123 e. The highest BCUT2D eigenvalue weighted by molar-refractivity contribution is 5.42. The number of benzene rings is 1. The molecule has 1 aromatic rings. The van der Waals surface area contributed by atoms with Crippen molar-refractivity contribution in [2.45, 2.75) is 46.1 Å². The van der Waals surface area contributed by atoms with Crippen LogP contribution >= 0.6 is 0 Å². The van der Waals surface area contributed by atoms with Gasteiger partial charge in [0.15, 0.2) is 0 Å². The second kappa shape index (κ2) is 5.20. The highest BCUT2D eigenvalue weighted by Crippen LogP contribution is 2.28. The Morgan fingerprint density at radius 2 is 1.93 bits per heavy atom. The van der Waals surface area contributed by atoms with Gasteiger partial charge in [0.05, 0.1) is 6.10 Å². The Kier molecular flexibility index (Phi) is 4.19. The van der Waals surface area contributed by atoms with Crippen molar-refractivity contribution in [2.24, 2.45) is 0 Å². The molecule has 1 aromatic carbocycles. The van der Waals surface area contributed by atoms with Crippen LogP contribution in [0.3, 0.4) is 0 Å². The summed E-state index contributed by atoms with van der Waals surface area (Å²) in [4.78, 5) is 0. The van der Waals surface area contributed by atoms with Crippen LogP contribution in [0.2, 0.25) is 0 Å². The van der Waals surface area contributed by atoms with Gasteiger partial charge in [0.1, 0.15) is 5.75 Å². The molecule has 0 fully saturated rings. The van der Waals surface area contributed by atoms with Crippen molar-refractivity contribution in [1.29, 1.82) is 0 Å². The van der Waals surface area contributed by atoms with E-state index >= 15 is 0 Å². The van der Waals surface area contributed by atoms with Crippen molar-refractivity contribution in [3.63, 3.8) is 0 Å². The summed E-state index contributed by atoms with van der Waals surface area (Å²) in [6.07, 6.45) is 1.23. The molecule has 1 radical (unpaired) electrons. The van der Waals surface area contributed by atoms with Crippen molar-refractivity contribution < 1.29 is 4.74 Å². The first-order chi connectivity index (χ1) is 7.06. The quantitative estimate of drug-likeness (QED) is 0.722. The molecule has 0 aliphatic heterocycles. The zero-order valence-corrected chi connectivity index (χ0v) is 10.2. The molecular weight excluding hydrogens is 184 g/mol. The molecule has 0 bridgehead atoms. The Labute approximate surface area is 93.5 Å². The van der Waals surface area contributed by atoms with Crippen LogP contribution in [0.4, 0.5) is 0 Å². The molecule has 0 saturated carbocycles. The SMILES string of the molecule is [CH2]C(C)c1cccc(OC(C)C)c1CC. The van der Waals surface area contributed by atoms with E-state index in [2.05, 4.69) is 40.7 Å². The summed E-state index contributed by atoms with van der Waals surface area (Å²) in [5, 5.41) is 0. The Hall–Kier alpha value is -0.980. The summed E-state index contributed by atoms with van der Waals surface area (Å²) in [5.74, 6) is 1.33. The van der Waals surface area contributed by atoms with Gasteiger partial charge in [-0.2, -0.15) is 0 Å². The lowest BCUT2D eigenvalue weighted by molar-refractivity contribution is 0.240. The van der Waals surface area contributed by atoms with Crippen LogP contribution in [0.1, 0.15) is 44.7 Å². The number of ether oxygens (including phenoxy) is 1. The first kappa shape index (κ1) is 12.1. The normalized spacial score (nSPS) is 11.1. The lowest BCUT2D eigenvalue weighted by Gasteiger charge is -2.18. The third-order valence-corrected chi connectivity index (χ3v) is 2.42. The van der Waals surface area contributed by atoms with E-state index in [-0.39, 0.29) is 6.10 Å². The zero-order chi connectivity index (χ0) is 11.4. The van der Waals surface area contributed by atoms with Gasteiger partial charge in [-0.05, 0) is 50.3 Å². The summed E-state index contributed by atoms with van der Waals surface area (Å²) in [6, 6.07) is 6.24. The van der Waals surface area contributed by atoms with Crippen molar-refractivity contribution in [2.75, 3.05) is 0 Å². The van der Waals surface area contributed by atoms with Gasteiger partial charge in [0.2, 0.25) is 0 Å². The molecule has 1 rings (SSSR count). The van der Waals surface area contributed by atoms with E-state index in [1.165, 1.54) is 11.1 Å². The summed E-state index contributed by atoms with van der Waals surface area (Å²) in [5.41, 5.74) is 2.60. The van der Waals surface area contributed by atoms with Gasteiger partial charge < -0.3 is 4.74 Å². The maximum Gasteiger partial charge on any atom is 0.123 e. The minimum atomic E-state index is 0.227. The summed E-state index contributed by atoms with van der Waals surface area (Å²) in [6.45, 7) is 12.5. The Bertz CT molecular complexity index is 313. The topological polar surface area (TPSA) is 9.23 Å². The summed E-state index contributed by atoms with van der Waals surface area (Å²) in [7, 11) is 0. The Morgan fingerprint density at radius 3 is 2.40 bits per heavy atom. The number of hydrogen-bond donors (Lipinski definition) is 0. The van der Waals surface area contributed by atoms with Crippen LogP contribution in [0.25, 0.3) is 0 Å². The summed E-state index contributed by atoms with van der Waals surface area (Å²) < 4.78 is 5.80. The van der Waals surface area contributed by atoms with E-state index in [0.717, 1.165) is 12.2 Å². The van der Waals surface area contributed by atoms with E-state index < -0.39 is 0 Å². The highest BCUT2D eigenvalue weighted by Gasteiger charge is 2.11. The molecule has 0 aliphatic rings. The van der Waals surface area contributed by atoms with E-state index in [1.807, 2.05) is 12.1 Å². The minimum absolute atomic E-state index is 0.227. The fraction of sp³-hybridized carbons (Fsp3) is 0.500. The van der Waals surface area contributed by atoms with Gasteiger partial charge in [0.25, 0.3) is 0 Å². The molecule has 0 aliphatic carbocycles. The molecule has 0 amide bonds. The predicted octanol–water partition coefficient (Wildman–Crippen LogP) is 3.97. The molecule has 0 N–H and O–H groups in total. The van der Waals surface area contributed by atoms with E-state index in [1.54, 1.807) is 0 Å². The van der Waals surface area contributed by atoms with Crippen molar-refractivity contribution >= 4 is 0 Å². The van der Waals surface area contributed by atoms with E-state index in [4.69, 9.17) is 4.74 Å². The second-order valence-corrected chi connectivity index (χ2v) is 4.25.